The zero-order chi connectivity index (χ0) is 24.2. The number of likely N-dealkylation sites (N-methyl/N-ethyl adjacent to an activating group) is 1. The Kier molecular flexibility index (Phi) is 7.29. The number of anilines is 1. The van der Waals surface area contributed by atoms with Crippen LogP contribution in [-0.4, -0.2) is 52.3 Å². The summed E-state index contributed by atoms with van der Waals surface area (Å²) in [6, 6.07) is 18.7. The number of hydrogen-bond acceptors (Lipinski definition) is 5. The zero-order valence-corrected chi connectivity index (χ0v) is 20.6. The topological polar surface area (TPSA) is 51.2 Å². The van der Waals surface area contributed by atoms with E-state index >= 15 is 0 Å². The van der Waals surface area contributed by atoms with Crippen molar-refractivity contribution in [3.8, 4) is 17.2 Å². The molecule has 1 heterocycles. The Bertz CT molecular complexity index is 1150. The number of amides is 1. The minimum Gasteiger partial charge on any atom is -0.497 e. The third kappa shape index (κ3) is 4.98. The fourth-order valence-electron chi connectivity index (χ4n) is 4.18. The van der Waals surface area contributed by atoms with E-state index < -0.39 is 0 Å². The molecule has 34 heavy (non-hydrogen) atoms. The molecule has 3 aromatic carbocycles. The summed E-state index contributed by atoms with van der Waals surface area (Å²) in [5.41, 5.74) is 3.67. The SMILES string of the molecule is COc1ccc(N2C(=O)Cc3cc(OCCN(C)C)c(OC)cc3C2c2ccc(Cl)cc2)cc1. The predicted octanol–water partition coefficient (Wildman–Crippen LogP) is 4.98. The molecule has 3 aromatic rings. The molecule has 0 spiro atoms. The molecule has 0 aliphatic carbocycles. The van der Waals surface area contributed by atoms with Crippen molar-refractivity contribution in [3.05, 3.63) is 82.4 Å². The maximum atomic E-state index is 13.5. The number of carbonyl (C=O) groups excluding carboxylic acids is 1. The highest BCUT2D eigenvalue weighted by molar-refractivity contribution is 6.30. The molecule has 0 saturated heterocycles. The second-order valence-electron chi connectivity index (χ2n) is 8.45. The third-order valence-corrected chi connectivity index (χ3v) is 6.17. The second-order valence-corrected chi connectivity index (χ2v) is 8.88. The highest BCUT2D eigenvalue weighted by Gasteiger charge is 2.36. The van der Waals surface area contributed by atoms with Crippen molar-refractivity contribution in [1.29, 1.82) is 0 Å². The third-order valence-electron chi connectivity index (χ3n) is 5.92. The molecule has 6 nitrogen and oxygen atoms in total. The summed E-state index contributed by atoms with van der Waals surface area (Å²) in [6.07, 6.45) is 0.263. The maximum Gasteiger partial charge on any atom is 0.232 e. The van der Waals surface area contributed by atoms with E-state index in [0.717, 1.165) is 34.7 Å². The van der Waals surface area contributed by atoms with E-state index in [9.17, 15) is 4.79 Å². The van der Waals surface area contributed by atoms with Gasteiger partial charge in [-0.05, 0) is 79.3 Å². The Morgan fingerprint density at radius 3 is 2.29 bits per heavy atom. The smallest absolute Gasteiger partial charge is 0.232 e. The average molecular weight is 481 g/mol. The second kappa shape index (κ2) is 10.4. The first-order valence-electron chi connectivity index (χ1n) is 11.1. The van der Waals surface area contributed by atoms with E-state index in [1.807, 2.05) is 79.7 Å². The monoisotopic (exact) mass is 480 g/mol. The molecule has 0 radical (unpaired) electrons. The molecule has 0 aromatic heterocycles. The van der Waals surface area contributed by atoms with Crippen molar-refractivity contribution in [2.45, 2.75) is 12.5 Å². The molecule has 1 amide bonds. The number of methoxy groups -OCH3 is 2. The van der Waals surface area contributed by atoms with Gasteiger partial charge in [0.15, 0.2) is 11.5 Å². The van der Waals surface area contributed by atoms with Crippen LogP contribution in [0.25, 0.3) is 0 Å². The van der Waals surface area contributed by atoms with Crippen LogP contribution < -0.4 is 19.1 Å². The Morgan fingerprint density at radius 2 is 1.68 bits per heavy atom. The van der Waals surface area contributed by atoms with E-state index in [4.69, 9.17) is 25.8 Å². The molecule has 1 aliphatic rings. The fraction of sp³-hybridized carbons (Fsp3) is 0.296. The zero-order valence-electron chi connectivity index (χ0n) is 19.9. The van der Waals surface area contributed by atoms with Crippen molar-refractivity contribution in [2.24, 2.45) is 0 Å². The molecular weight excluding hydrogens is 452 g/mol. The van der Waals surface area contributed by atoms with Crippen LogP contribution in [0.5, 0.6) is 17.2 Å². The van der Waals surface area contributed by atoms with Gasteiger partial charge in [-0.15, -0.1) is 0 Å². The van der Waals surface area contributed by atoms with Crippen LogP contribution in [0.4, 0.5) is 5.69 Å². The standard InChI is InChI=1S/C27H29ClN2O4/c1-29(2)13-14-34-25-15-19-16-26(31)30(21-9-11-22(32-3)12-10-21)27(23(19)17-24(25)33-4)18-5-7-20(28)8-6-18/h5-12,15,17,27H,13-14,16H2,1-4H3. The lowest BCUT2D eigenvalue weighted by Gasteiger charge is -2.38. The Morgan fingerprint density at radius 1 is 0.971 bits per heavy atom. The molecular formula is C27H29ClN2O4. The Balaban J connectivity index is 1.81. The summed E-state index contributed by atoms with van der Waals surface area (Å²) >= 11 is 6.17. The lowest BCUT2D eigenvalue weighted by Crippen LogP contribution is -2.41. The first-order chi connectivity index (χ1) is 16.4. The summed E-state index contributed by atoms with van der Waals surface area (Å²) in [6.45, 7) is 1.30. The summed E-state index contributed by atoms with van der Waals surface area (Å²) in [5, 5.41) is 0.643. The number of halogens is 1. The highest BCUT2D eigenvalue weighted by Crippen LogP contribution is 2.43. The van der Waals surface area contributed by atoms with Gasteiger partial charge in [0.05, 0.1) is 26.7 Å². The number of carbonyl (C=O) groups is 1. The van der Waals surface area contributed by atoms with Crippen LogP contribution in [-0.2, 0) is 11.2 Å². The van der Waals surface area contributed by atoms with Crippen molar-refractivity contribution >= 4 is 23.2 Å². The molecule has 0 bridgehead atoms. The van der Waals surface area contributed by atoms with Gasteiger partial charge in [-0.1, -0.05) is 23.7 Å². The molecule has 7 heteroatoms. The van der Waals surface area contributed by atoms with Gasteiger partial charge in [0.1, 0.15) is 12.4 Å². The van der Waals surface area contributed by atoms with Gasteiger partial charge in [0.2, 0.25) is 5.91 Å². The van der Waals surface area contributed by atoms with Crippen LogP contribution in [0.1, 0.15) is 22.7 Å². The van der Waals surface area contributed by atoms with Gasteiger partial charge in [-0.2, -0.15) is 0 Å². The van der Waals surface area contributed by atoms with Crippen LogP contribution in [0.3, 0.4) is 0 Å². The largest absolute Gasteiger partial charge is 0.497 e. The van der Waals surface area contributed by atoms with Gasteiger partial charge in [-0.25, -0.2) is 0 Å². The quantitative estimate of drug-likeness (QED) is 0.455. The van der Waals surface area contributed by atoms with Gasteiger partial charge < -0.3 is 24.0 Å². The molecule has 1 atom stereocenters. The summed E-state index contributed by atoms with van der Waals surface area (Å²) in [7, 11) is 7.25. The number of fused-ring (bicyclic) bond motifs is 1. The first kappa shape index (κ1) is 23.9. The normalized spacial score (nSPS) is 15.3. The molecule has 4 rings (SSSR count). The minimum absolute atomic E-state index is 0.00188. The molecule has 1 unspecified atom stereocenters. The molecule has 178 valence electrons. The molecule has 0 N–H and O–H groups in total. The Hall–Kier alpha value is -3.22. The fourth-order valence-corrected chi connectivity index (χ4v) is 4.30. The van der Waals surface area contributed by atoms with Crippen molar-refractivity contribution in [1.82, 2.24) is 4.90 Å². The van der Waals surface area contributed by atoms with Crippen LogP contribution >= 0.6 is 11.6 Å². The number of nitrogens with zero attached hydrogens (tertiary/aromatic N) is 2. The van der Waals surface area contributed by atoms with E-state index in [1.54, 1.807) is 14.2 Å². The number of hydrogen-bond donors (Lipinski definition) is 0. The van der Waals surface area contributed by atoms with Crippen molar-refractivity contribution in [3.63, 3.8) is 0 Å². The molecule has 1 aliphatic heterocycles. The highest BCUT2D eigenvalue weighted by atomic mass is 35.5. The average Bonchev–Trinajstić information content (AvgIpc) is 2.83. The van der Waals surface area contributed by atoms with Crippen LogP contribution in [0.15, 0.2) is 60.7 Å². The first-order valence-corrected chi connectivity index (χ1v) is 11.5. The van der Waals surface area contributed by atoms with Gasteiger partial charge in [0, 0.05) is 17.3 Å². The van der Waals surface area contributed by atoms with Gasteiger partial charge >= 0.3 is 0 Å². The summed E-state index contributed by atoms with van der Waals surface area (Å²) < 4.78 is 17.0. The number of ether oxygens (including phenoxy) is 3. The van der Waals surface area contributed by atoms with Gasteiger partial charge in [0.25, 0.3) is 0 Å². The summed E-state index contributed by atoms with van der Waals surface area (Å²) in [4.78, 5) is 17.4. The molecule has 0 fully saturated rings. The number of benzene rings is 3. The van der Waals surface area contributed by atoms with E-state index in [0.29, 0.717) is 23.1 Å². The van der Waals surface area contributed by atoms with Crippen molar-refractivity contribution in [2.75, 3.05) is 46.4 Å². The van der Waals surface area contributed by atoms with Crippen LogP contribution in [0.2, 0.25) is 5.02 Å². The van der Waals surface area contributed by atoms with E-state index in [2.05, 4.69) is 4.90 Å². The van der Waals surface area contributed by atoms with Crippen LogP contribution in [0, 0.1) is 0 Å². The minimum atomic E-state index is -0.341. The predicted molar refractivity (Wildman–Crippen MR) is 135 cm³/mol. The van der Waals surface area contributed by atoms with Crippen molar-refractivity contribution < 1.29 is 19.0 Å². The van der Waals surface area contributed by atoms with Gasteiger partial charge in [-0.3, -0.25) is 4.79 Å². The Labute approximate surface area is 205 Å². The number of rotatable bonds is 8. The maximum absolute atomic E-state index is 13.5. The lowest BCUT2D eigenvalue weighted by molar-refractivity contribution is -0.118. The van der Waals surface area contributed by atoms with E-state index in [1.165, 1.54) is 0 Å². The lowest BCUT2D eigenvalue weighted by atomic mass is 9.87. The van der Waals surface area contributed by atoms with E-state index in [-0.39, 0.29) is 18.4 Å². The molecule has 0 saturated carbocycles. The summed E-state index contributed by atoms with van der Waals surface area (Å²) in [5.74, 6) is 2.02.